The molecule has 0 aromatic heterocycles. The van der Waals surface area contributed by atoms with Gasteiger partial charge in [-0.25, -0.2) is 4.79 Å². The Morgan fingerprint density at radius 2 is 1.93 bits per heavy atom. The number of halogens is 3. The van der Waals surface area contributed by atoms with E-state index in [2.05, 4.69) is 26.0 Å². The molecule has 0 fully saturated rings. The molecule has 2 rings (SSSR count). The first-order valence-corrected chi connectivity index (χ1v) is 9.79. The first kappa shape index (κ1) is 23.5. The van der Waals surface area contributed by atoms with Gasteiger partial charge in [0.1, 0.15) is 11.6 Å². The minimum absolute atomic E-state index is 0.154. The lowest BCUT2D eigenvalue weighted by molar-refractivity contribution is -0.142. The molecular formula is C20H15BrCl2N2O5. The van der Waals surface area contributed by atoms with Gasteiger partial charge in [0.15, 0.2) is 18.1 Å². The van der Waals surface area contributed by atoms with E-state index in [0.29, 0.717) is 26.5 Å². The minimum atomic E-state index is -0.628. The molecule has 0 saturated heterocycles. The second kappa shape index (κ2) is 10.9. The SMILES string of the molecule is COC(=O)COc1c(Br)cc(/C=C(\C#N)C(=O)Nc2ccc(Cl)c(Cl)c2)cc1OC. The summed E-state index contributed by atoms with van der Waals surface area (Å²) in [4.78, 5) is 23.8. The van der Waals surface area contributed by atoms with Crippen molar-refractivity contribution in [2.75, 3.05) is 26.1 Å². The van der Waals surface area contributed by atoms with Crippen LogP contribution in [0.25, 0.3) is 6.08 Å². The lowest BCUT2D eigenvalue weighted by Gasteiger charge is -2.13. The van der Waals surface area contributed by atoms with Crippen LogP contribution in [0.5, 0.6) is 11.5 Å². The van der Waals surface area contributed by atoms with Gasteiger partial charge >= 0.3 is 5.97 Å². The number of methoxy groups -OCH3 is 2. The van der Waals surface area contributed by atoms with Crippen LogP contribution >= 0.6 is 39.1 Å². The number of nitrogens with one attached hydrogen (secondary N) is 1. The van der Waals surface area contributed by atoms with Crippen LogP contribution in [0.15, 0.2) is 40.4 Å². The molecule has 0 aliphatic heterocycles. The van der Waals surface area contributed by atoms with Gasteiger partial charge in [-0.3, -0.25) is 4.79 Å². The van der Waals surface area contributed by atoms with Gasteiger partial charge in [-0.1, -0.05) is 23.2 Å². The van der Waals surface area contributed by atoms with Crippen LogP contribution in [0.3, 0.4) is 0 Å². The number of amides is 1. The zero-order valence-electron chi connectivity index (χ0n) is 15.8. The summed E-state index contributed by atoms with van der Waals surface area (Å²) in [5.41, 5.74) is 0.726. The highest BCUT2D eigenvalue weighted by molar-refractivity contribution is 9.10. The molecule has 0 atom stereocenters. The lowest BCUT2D eigenvalue weighted by Crippen LogP contribution is -2.14. The molecule has 1 amide bonds. The van der Waals surface area contributed by atoms with Crippen molar-refractivity contribution in [3.63, 3.8) is 0 Å². The highest BCUT2D eigenvalue weighted by Gasteiger charge is 2.15. The molecule has 0 saturated carbocycles. The van der Waals surface area contributed by atoms with Crippen LogP contribution < -0.4 is 14.8 Å². The molecule has 30 heavy (non-hydrogen) atoms. The van der Waals surface area contributed by atoms with Crippen LogP contribution in [0.4, 0.5) is 5.69 Å². The predicted octanol–water partition coefficient (Wildman–Crippen LogP) is 4.86. The maximum Gasteiger partial charge on any atom is 0.343 e. The first-order chi connectivity index (χ1) is 14.3. The lowest BCUT2D eigenvalue weighted by atomic mass is 10.1. The van der Waals surface area contributed by atoms with E-state index >= 15 is 0 Å². The van der Waals surface area contributed by atoms with Crippen molar-refractivity contribution in [1.82, 2.24) is 0 Å². The standard InChI is InChI=1S/C20H15BrCl2N2O5/c1-28-17-7-11(6-14(21)19(17)30-10-18(26)29-2)5-12(9-24)20(27)25-13-3-4-15(22)16(23)8-13/h3-8H,10H2,1-2H3,(H,25,27)/b12-5+. The predicted molar refractivity (Wildman–Crippen MR) is 117 cm³/mol. The molecule has 0 unspecified atom stereocenters. The summed E-state index contributed by atoms with van der Waals surface area (Å²) < 4.78 is 15.7. The third kappa shape index (κ3) is 6.13. The monoisotopic (exact) mass is 512 g/mol. The van der Waals surface area contributed by atoms with Crippen LogP contribution in [-0.2, 0) is 14.3 Å². The van der Waals surface area contributed by atoms with E-state index < -0.39 is 11.9 Å². The van der Waals surface area contributed by atoms with Gasteiger partial charge in [0.05, 0.1) is 28.7 Å². The third-order valence-corrected chi connectivity index (χ3v) is 5.00. The van der Waals surface area contributed by atoms with Crippen molar-refractivity contribution in [2.24, 2.45) is 0 Å². The van der Waals surface area contributed by atoms with Crippen molar-refractivity contribution in [3.8, 4) is 17.6 Å². The minimum Gasteiger partial charge on any atom is -0.493 e. The molecule has 7 nitrogen and oxygen atoms in total. The zero-order valence-corrected chi connectivity index (χ0v) is 18.9. The Morgan fingerprint density at radius 3 is 2.53 bits per heavy atom. The first-order valence-electron chi connectivity index (χ1n) is 8.24. The van der Waals surface area contributed by atoms with Gasteiger partial charge in [-0.2, -0.15) is 5.26 Å². The van der Waals surface area contributed by atoms with E-state index in [-0.39, 0.29) is 23.0 Å². The third-order valence-electron chi connectivity index (χ3n) is 3.67. The summed E-state index contributed by atoms with van der Waals surface area (Å²) in [6, 6.07) is 9.60. The number of ether oxygens (including phenoxy) is 3. The van der Waals surface area contributed by atoms with E-state index in [4.69, 9.17) is 32.7 Å². The van der Waals surface area contributed by atoms with E-state index in [9.17, 15) is 14.9 Å². The van der Waals surface area contributed by atoms with Gasteiger partial charge in [0, 0.05) is 5.69 Å². The fourth-order valence-electron chi connectivity index (χ4n) is 2.24. The van der Waals surface area contributed by atoms with Gasteiger partial charge in [-0.05, 0) is 57.9 Å². The number of hydrogen-bond donors (Lipinski definition) is 1. The van der Waals surface area contributed by atoms with E-state index in [1.54, 1.807) is 18.2 Å². The molecule has 0 aliphatic rings. The molecule has 0 radical (unpaired) electrons. The number of esters is 1. The largest absolute Gasteiger partial charge is 0.493 e. The summed E-state index contributed by atoms with van der Waals surface area (Å²) in [6.07, 6.45) is 1.38. The molecule has 2 aromatic carbocycles. The van der Waals surface area contributed by atoms with Crippen molar-refractivity contribution >= 4 is 62.8 Å². The van der Waals surface area contributed by atoms with Crippen LogP contribution in [0, 0.1) is 11.3 Å². The number of carbonyl (C=O) groups excluding carboxylic acids is 2. The average Bonchev–Trinajstić information content (AvgIpc) is 2.72. The van der Waals surface area contributed by atoms with Crippen molar-refractivity contribution < 1.29 is 23.8 Å². The Bertz CT molecular complexity index is 1050. The highest BCUT2D eigenvalue weighted by atomic mass is 79.9. The fourth-order valence-corrected chi connectivity index (χ4v) is 3.11. The molecule has 0 heterocycles. The molecule has 0 aliphatic carbocycles. The fraction of sp³-hybridized carbons (Fsp3) is 0.150. The molecule has 2 aromatic rings. The van der Waals surface area contributed by atoms with Gasteiger partial charge in [-0.15, -0.1) is 0 Å². The number of carbonyl (C=O) groups is 2. The molecule has 10 heteroatoms. The number of hydrogen-bond acceptors (Lipinski definition) is 6. The number of anilines is 1. The van der Waals surface area contributed by atoms with E-state index in [1.165, 1.54) is 32.4 Å². The van der Waals surface area contributed by atoms with E-state index in [0.717, 1.165) is 0 Å². The molecular weight excluding hydrogens is 499 g/mol. The Kier molecular flexibility index (Phi) is 8.54. The smallest absolute Gasteiger partial charge is 0.343 e. The summed E-state index contributed by atoms with van der Waals surface area (Å²) in [5, 5.41) is 12.6. The quantitative estimate of drug-likeness (QED) is 0.322. The van der Waals surface area contributed by atoms with E-state index in [1.807, 2.05) is 6.07 Å². The maximum atomic E-state index is 12.5. The second-order valence-corrected chi connectivity index (χ2v) is 7.32. The summed E-state index contributed by atoms with van der Waals surface area (Å²) in [5.74, 6) is -0.615. The maximum absolute atomic E-state index is 12.5. The topological polar surface area (TPSA) is 97.7 Å². The van der Waals surface area contributed by atoms with Crippen molar-refractivity contribution in [2.45, 2.75) is 0 Å². The number of benzene rings is 2. The van der Waals surface area contributed by atoms with Crippen molar-refractivity contribution in [3.05, 3.63) is 56.0 Å². The van der Waals surface area contributed by atoms with Crippen LogP contribution in [0.1, 0.15) is 5.56 Å². The Labute approximate surface area is 191 Å². The van der Waals surface area contributed by atoms with Crippen LogP contribution in [0.2, 0.25) is 10.0 Å². The molecule has 156 valence electrons. The summed E-state index contributed by atoms with van der Waals surface area (Å²) >= 11 is 15.1. The van der Waals surface area contributed by atoms with Crippen LogP contribution in [-0.4, -0.2) is 32.7 Å². The summed E-state index contributed by atoms with van der Waals surface area (Å²) in [7, 11) is 2.67. The molecule has 1 N–H and O–H groups in total. The number of nitrogens with zero attached hydrogens (tertiary/aromatic N) is 1. The average molecular weight is 514 g/mol. The molecule has 0 bridgehead atoms. The Balaban J connectivity index is 2.28. The van der Waals surface area contributed by atoms with Gasteiger partial charge < -0.3 is 19.5 Å². The van der Waals surface area contributed by atoms with Gasteiger partial charge in [0.2, 0.25) is 0 Å². The highest BCUT2D eigenvalue weighted by Crippen LogP contribution is 2.37. The van der Waals surface area contributed by atoms with Crippen molar-refractivity contribution in [1.29, 1.82) is 5.26 Å². The number of rotatable bonds is 7. The summed E-state index contributed by atoms with van der Waals surface area (Å²) in [6.45, 7) is -0.309. The number of nitriles is 1. The van der Waals surface area contributed by atoms with Gasteiger partial charge in [0.25, 0.3) is 5.91 Å². The Hall–Kier alpha value is -2.73. The zero-order chi connectivity index (χ0) is 22.3. The Morgan fingerprint density at radius 1 is 1.20 bits per heavy atom. The second-order valence-electron chi connectivity index (χ2n) is 5.65. The molecule has 0 spiro atoms. The normalized spacial score (nSPS) is 10.7.